The first-order chi connectivity index (χ1) is 24.2. The number of benzene rings is 2. The van der Waals surface area contributed by atoms with Crippen LogP contribution in [0.15, 0.2) is 36.4 Å². The van der Waals surface area contributed by atoms with Crippen LogP contribution >= 0.6 is 11.6 Å². The number of hydrogen-bond donors (Lipinski definition) is 1. The number of aliphatic carboxylic acids is 1. The first kappa shape index (κ1) is 36.8. The lowest BCUT2D eigenvalue weighted by atomic mass is 9.92. The molecule has 0 aliphatic carbocycles. The van der Waals surface area contributed by atoms with Crippen molar-refractivity contribution in [2.45, 2.75) is 71.3 Å². The maximum atomic E-state index is 12.9. The number of halogens is 1. The van der Waals surface area contributed by atoms with Crippen molar-refractivity contribution >= 4 is 33.7 Å². The summed E-state index contributed by atoms with van der Waals surface area (Å²) in [5.74, 6) is 5.29. The molecule has 6 rings (SSSR count). The topological polar surface area (TPSA) is 135 Å². The van der Waals surface area contributed by atoms with E-state index in [-0.39, 0.29) is 19.5 Å². The normalized spacial score (nSPS) is 18.4. The van der Waals surface area contributed by atoms with Gasteiger partial charge in [0.15, 0.2) is 0 Å². The lowest BCUT2D eigenvalue weighted by Crippen LogP contribution is -2.50. The minimum absolute atomic E-state index is 0.0810. The van der Waals surface area contributed by atoms with Gasteiger partial charge in [0.1, 0.15) is 11.6 Å². The average Bonchev–Trinajstić information content (AvgIpc) is 3.44. The number of sulfonamides is 1. The van der Waals surface area contributed by atoms with E-state index in [9.17, 15) is 23.1 Å². The highest BCUT2D eigenvalue weighted by molar-refractivity contribution is 7.88. The molecule has 0 bridgehead atoms. The van der Waals surface area contributed by atoms with Gasteiger partial charge in [0.2, 0.25) is 10.0 Å². The third kappa shape index (κ3) is 8.76. The van der Waals surface area contributed by atoms with Crippen molar-refractivity contribution < 1.29 is 32.6 Å². The molecule has 1 aromatic heterocycles. The summed E-state index contributed by atoms with van der Waals surface area (Å²) < 4.78 is 39.6. The van der Waals surface area contributed by atoms with E-state index < -0.39 is 33.7 Å². The quantitative estimate of drug-likeness (QED) is 0.351. The molecule has 3 aromatic rings. The molecule has 12 nitrogen and oxygen atoms in total. The van der Waals surface area contributed by atoms with Crippen LogP contribution in [0.1, 0.15) is 60.7 Å². The summed E-state index contributed by atoms with van der Waals surface area (Å²) >= 11 is 6.65. The van der Waals surface area contributed by atoms with E-state index in [4.69, 9.17) is 26.2 Å². The SMILES string of the molecule is CC(C)(C)OC(=O)N1Cc2cc(C#Cc3cc(-c4nn(CCCN5CCOCC5)c5c4CN(S(C)(=O)=O)CC5)ccc3Cl)ccc2C[C@H]1C(=O)O. The minimum atomic E-state index is -3.40. The third-order valence-electron chi connectivity index (χ3n) is 9.35. The molecule has 1 saturated heterocycles. The van der Waals surface area contributed by atoms with Gasteiger partial charge in [-0.3, -0.25) is 14.5 Å². The number of carboxylic acids is 1. The maximum Gasteiger partial charge on any atom is 0.411 e. The van der Waals surface area contributed by atoms with Crippen molar-refractivity contribution in [2.75, 3.05) is 45.6 Å². The number of fused-ring (bicyclic) bond motifs is 2. The number of aromatic nitrogens is 2. The number of carboxylic acid groups (broad SMARTS) is 1. The average molecular weight is 738 g/mol. The Morgan fingerprint density at radius 2 is 1.80 bits per heavy atom. The van der Waals surface area contributed by atoms with Gasteiger partial charge in [-0.2, -0.15) is 9.40 Å². The highest BCUT2D eigenvalue weighted by Crippen LogP contribution is 2.33. The van der Waals surface area contributed by atoms with Crippen LogP contribution in [-0.4, -0.2) is 107 Å². The second kappa shape index (κ2) is 15.0. The van der Waals surface area contributed by atoms with Gasteiger partial charge >= 0.3 is 12.1 Å². The Morgan fingerprint density at radius 1 is 1.04 bits per heavy atom. The number of carbonyl (C=O) groups excluding carboxylic acids is 1. The van der Waals surface area contributed by atoms with Gasteiger partial charge in [-0.25, -0.2) is 18.0 Å². The van der Waals surface area contributed by atoms with Crippen molar-refractivity contribution in [1.82, 2.24) is 23.9 Å². The third-order valence-corrected chi connectivity index (χ3v) is 10.9. The summed E-state index contributed by atoms with van der Waals surface area (Å²) in [6, 6.07) is 10.1. The van der Waals surface area contributed by atoms with Crippen molar-refractivity contribution in [3.8, 4) is 23.1 Å². The number of amides is 1. The molecule has 0 unspecified atom stereocenters. The smallest absolute Gasteiger partial charge is 0.411 e. The Hall–Kier alpha value is -3.93. The Labute approximate surface area is 304 Å². The molecule has 0 saturated carbocycles. The number of hydrogen-bond acceptors (Lipinski definition) is 8. The van der Waals surface area contributed by atoms with E-state index in [0.717, 1.165) is 73.8 Å². The highest BCUT2D eigenvalue weighted by atomic mass is 35.5. The zero-order chi connectivity index (χ0) is 36.5. The zero-order valence-electron chi connectivity index (χ0n) is 29.4. The van der Waals surface area contributed by atoms with Crippen LogP contribution < -0.4 is 0 Å². The van der Waals surface area contributed by atoms with Crippen molar-refractivity contribution in [2.24, 2.45) is 0 Å². The molecule has 0 radical (unpaired) electrons. The van der Waals surface area contributed by atoms with Crippen LogP contribution in [0.5, 0.6) is 0 Å². The summed E-state index contributed by atoms with van der Waals surface area (Å²) in [7, 11) is -3.40. The molecule has 0 spiro atoms. The lowest BCUT2D eigenvalue weighted by molar-refractivity contribution is -0.143. The fourth-order valence-electron chi connectivity index (χ4n) is 6.74. The fourth-order valence-corrected chi connectivity index (χ4v) is 7.69. The van der Waals surface area contributed by atoms with Crippen molar-refractivity contribution in [1.29, 1.82) is 0 Å². The van der Waals surface area contributed by atoms with Crippen LogP contribution in [0.25, 0.3) is 11.3 Å². The van der Waals surface area contributed by atoms with Crippen LogP contribution in [-0.2, 0) is 56.8 Å². The van der Waals surface area contributed by atoms with Gasteiger partial charge in [0, 0.05) is 80.1 Å². The summed E-state index contributed by atoms with van der Waals surface area (Å²) in [6.45, 7) is 10.9. The molecule has 1 atom stereocenters. The van der Waals surface area contributed by atoms with Gasteiger partial charge in [0.25, 0.3) is 0 Å². The van der Waals surface area contributed by atoms with E-state index in [1.807, 2.05) is 35.0 Å². The molecule has 272 valence electrons. The Morgan fingerprint density at radius 3 is 2.51 bits per heavy atom. The molecule has 14 heteroatoms. The molecule has 1 N–H and O–H groups in total. The van der Waals surface area contributed by atoms with E-state index in [1.54, 1.807) is 26.8 Å². The van der Waals surface area contributed by atoms with Gasteiger partial charge in [-0.05, 0) is 62.6 Å². The van der Waals surface area contributed by atoms with Crippen LogP contribution in [0.2, 0.25) is 5.02 Å². The fraction of sp³-hybridized carbons (Fsp3) is 0.486. The molecule has 2 aromatic carbocycles. The molecule has 51 heavy (non-hydrogen) atoms. The first-order valence-corrected chi connectivity index (χ1v) is 19.4. The van der Waals surface area contributed by atoms with Gasteiger partial charge in [0.05, 0.1) is 36.7 Å². The van der Waals surface area contributed by atoms with Crippen molar-refractivity contribution in [3.05, 3.63) is 74.9 Å². The van der Waals surface area contributed by atoms with E-state index in [2.05, 4.69) is 16.7 Å². The van der Waals surface area contributed by atoms with Gasteiger partial charge in [-0.15, -0.1) is 0 Å². The molecule has 3 aliphatic rings. The summed E-state index contributed by atoms with van der Waals surface area (Å²) in [6.07, 6.45) is 2.20. The standard InChI is InChI=1S/C37H44ClN5O7S/c1-37(2,3)50-36(46)42-23-29-20-25(6-8-26(29)22-33(42)35(44)45)7-9-27-21-28(10-11-31(27)38)34-30-24-41(51(4,47)48)15-12-32(30)43(39-34)14-5-13-40-16-18-49-19-17-40/h6,8,10-11,20-21,33H,5,12-19,22-24H2,1-4H3,(H,44,45)/t33-/m0/s1. The molecule has 1 amide bonds. The zero-order valence-corrected chi connectivity index (χ0v) is 31.0. The Bertz CT molecular complexity index is 1990. The van der Waals surface area contributed by atoms with E-state index in [1.165, 1.54) is 15.5 Å². The lowest BCUT2D eigenvalue weighted by Gasteiger charge is -2.35. The summed E-state index contributed by atoms with van der Waals surface area (Å²) in [4.78, 5) is 28.6. The number of rotatable bonds is 7. The van der Waals surface area contributed by atoms with Crippen LogP contribution in [0.3, 0.4) is 0 Å². The molecule has 4 heterocycles. The second-order valence-electron chi connectivity index (χ2n) is 14.2. The maximum absolute atomic E-state index is 12.9. The number of aryl methyl sites for hydroxylation is 1. The second-order valence-corrected chi connectivity index (χ2v) is 16.6. The monoisotopic (exact) mass is 737 g/mol. The summed E-state index contributed by atoms with van der Waals surface area (Å²) in [5, 5.41) is 15.4. The molecular weight excluding hydrogens is 694 g/mol. The molecule has 1 fully saturated rings. The number of morpholine rings is 1. The molecular formula is C37H44ClN5O7S. The summed E-state index contributed by atoms with van der Waals surface area (Å²) in [5.41, 5.74) is 5.58. The predicted molar refractivity (Wildman–Crippen MR) is 193 cm³/mol. The van der Waals surface area contributed by atoms with Crippen molar-refractivity contribution in [3.63, 3.8) is 0 Å². The highest BCUT2D eigenvalue weighted by Gasteiger charge is 2.37. The van der Waals surface area contributed by atoms with E-state index >= 15 is 0 Å². The Kier molecular flexibility index (Phi) is 10.8. The van der Waals surface area contributed by atoms with E-state index in [0.29, 0.717) is 34.8 Å². The van der Waals surface area contributed by atoms with Gasteiger partial charge in [-0.1, -0.05) is 35.6 Å². The number of nitrogens with zero attached hydrogens (tertiary/aromatic N) is 5. The number of ether oxygens (including phenoxy) is 2. The predicted octanol–water partition coefficient (Wildman–Crippen LogP) is 4.39. The first-order valence-electron chi connectivity index (χ1n) is 17.2. The minimum Gasteiger partial charge on any atom is -0.480 e. The van der Waals surface area contributed by atoms with Crippen LogP contribution in [0, 0.1) is 11.8 Å². The van der Waals surface area contributed by atoms with Gasteiger partial charge < -0.3 is 14.6 Å². The Balaban J connectivity index is 1.27. The largest absolute Gasteiger partial charge is 0.480 e. The molecule has 3 aliphatic heterocycles. The number of carbonyl (C=O) groups is 2. The van der Waals surface area contributed by atoms with Crippen LogP contribution in [0.4, 0.5) is 4.79 Å².